The summed E-state index contributed by atoms with van der Waals surface area (Å²) in [6.45, 7) is 3.02. The molecule has 3 aliphatic rings. The lowest BCUT2D eigenvalue weighted by Gasteiger charge is -2.44. The lowest BCUT2D eigenvalue weighted by molar-refractivity contribution is 0.0602. The Labute approximate surface area is 137 Å². The molecule has 1 amide bonds. The molecule has 3 aliphatic heterocycles. The number of nitrogens with one attached hydrogen (secondary N) is 1. The molecular formula is C17H17F2N3O2. The van der Waals surface area contributed by atoms with Gasteiger partial charge in [0, 0.05) is 18.7 Å². The number of hydrogen-bond donors (Lipinski definition) is 1. The van der Waals surface area contributed by atoms with Gasteiger partial charge in [-0.05, 0) is 44.0 Å². The first-order chi connectivity index (χ1) is 11.6. The van der Waals surface area contributed by atoms with E-state index < -0.39 is 17.5 Å². The third-order valence-corrected chi connectivity index (χ3v) is 4.87. The molecule has 0 spiro atoms. The minimum Gasteiger partial charge on any atom is -0.432 e. The summed E-state index contributed by atoms with van der Waals surface area (Å²) in [6.07, 6.45) is 3.45. The number of benzene rings is 1. The molecule has 3 fully saturated rings. The SMILES string of the molecule is O=C(N[C@H]1CN2CCC1CC2)c1ncc(-c2ccc(F)cc2F)o1. The van der Waals surface area contributed by atoms with Crippen molar-refractivity contribution in [3.63, 3.8) is 0 Å². The van der Waals surface area contributed by atoms with Gasteiger partial charge >= 0.3 is 5.91 Å². The van der Waals surface area contributed by atoms with E-state index in [1.54, 1.807) is 0 Å². The first kappa shape index (κ1) is 15.3. The topological polar surface area (TPSA) is 58.4 Å². The Morgan fingerprint density at radius 2 is 2.08 bits per heavy atom. The van der Waals surface area contributed by atoms with E-state index in [0.717, 1.165) is 44.6 Å². The first-order valence-corrected chi connectivity index (χ1v) is 8.04. The number of hydrogen-bond acceptors (Lipinski definition) is 4. The van der Waals surface area contributed by atoms with Crippen molar-refractivity contribution in [1.82, 2.24) is 15.2 Å². The van der Waals surface area contributed by atoms with Crippen LogP contribution in [0.3, 0.4) is 0 Å². The molecule has 0 radical (unpaired) electrons. The number of halogens is 2. The fourth-order valence-electron chi connectivity index (χ4n) is 3.55. The summed E-state index contributed by atoms with van der Waals surface area (Å²) < 4.78 is 32.1. The van der Waals surface area contributed by atoms with Crippen LogP contribution in [0.1, 0.15) is 23.5 Å². The number of piperidine rings is 3. The number of amides is 1. The molecule has 1 aromatic heterocycles. The molecule has 1 N–H and O–H groups in total. The maximum absolute atomic E-state index is 13.8. The summed E-state index contributed by atoms with van der Waals surface area (Å²) in [5.74, 6) is -1.34. The summed E-state index contributed by atoms with van der Waals surface area (Å²) in [6, 6.07) is 3.26. The second kappa shape index (κ2) is 5.98. The van der Waals surface area contributed by atoms with Crippen molar-refractivity contribution in [2.24, 2.45) is 5.92 Å². The number of fused-ring (bicyclic) bond motifs is 3. The minimum atomic E-state index is -0.754. The van der Waals surface area contributed by atoms with Crippen LogP contribution >= 0.6 is 0 Å². The zero-order valence-corrected chi connectivity index (χ0v) is 13.0. The average molecular weight is 333 g/mol. The molecule has 1 aromatic carbocycles. The van der Waals surface area contributed by atoms with E-state index in [4.69, 9.17) is 4.42 Å². The highest BCUT2D eigenvalue weighted by Crippen LogP contribution is 2.28. The van der Waals surface area contributed by atoms with Gasteiger partial charge in [-0.3, -0.25) is 4.79 Å². The van der Waals surface area contributed by atoms with Crippen molar-refractivity contribution in [1.29, 1.82) is 0 Å². The lowest BCUT2D eigenvalue weighted by atomic mass is 9.84. The fourth-order valence-corrected chi connectivity index (χ4v) is 3.55. The minimum absolute atomic E-state index is 0.0748. The molecule has 0 aliphatic carbocycles. The van der Waals surface area contributed by atoms with Gasteiger partial charge in [0.1, 0.15) is 11.6 Å². The van der Waals surface area contributed by atoms with Gasteiger partial charge in [-0.25, -0.2) is 13.8 Å². The van der Waals surface area contributed by atoms with Crippen molar-refractivity contribution >= 4 is 5.91 Å². The highest BCUT2D eigenvalue weighted by molar-refractivity contribution is 5.90. The highest BCUT2D eigenvalue weighted by Gasteiger charge is 2.35. The maximum Gasteiger partial charge on any atom is 0.307 e. The molecule has 7 heteroatoms. The Morgan fingerprint density at radius 3 is 2.75 bits per heavy atom. The molecule has 24 heavy (non-hydrogen) atoms. The average Bonchev–Trinajstić information content (AvgIpc) is 3.06. The Bertz CT molecular complexity index is 769. The lowest BCUT2D eigenvalue weighted by Crippen LogP contribution is -2.57. The third-order valence-electron chi connectivity index (χ3n) is 4.87. The fraction of sp³-hybridized carbons (Fsp3) is 0.412. The Balaban J connectivity index is 1.49. The van der Waals surface area contributed by atoms with Gasteiger partial charge in [0.25, 0.3) is 5.89 Å². The smallest absolute Gasteiger partial charge is 0.307 e. The van der Waals surface area contributed by atoms with Crippen molar-refractivity contribution in [2.45, 2.75) is 18.9 Å². The van der Waals surface area contributed by atoms with Crippen LogP contribution < -0.4 is 5.32 Å². The van der Waals surface area contributed by atoms with Gasteiger partial charge in [-0.2, -0.15) is 0 Å². The van der Waals surface area contributed by atoms with E-state index in [1.807, 2.05) is 0 Å². The number of nitrogens with zero attached hydrogens (tertiary/aromatic N) is 2. The van der Waals surface area contributed by atoms with Gasteiger partial charge < -0.3 is 14.6 Å². The van der Waals surface area contributed by atoms with Crippen LogP contribution in [0, 0.1) is 17.6 Å². The molecule has 126 valence electrons. The van der Waals surface area contributed by atoms with Crippen molar-refractivity contribution < 1.29 is 18.0 Å². The van der Waals surface area contributed by atoms with Crippen LogP contribution in [0.2, 0.25) is 0 Å². The Morgan fingerprint density at radius 1 is 1.29 bits per heavy atom. The van der Waals surface area contributed by atoms with Crippen LogP contribution in [0.4, 0.5) is 8.78 Å². The van der Waals surface area contributed by atoms with Crippen LogP contribution in [-0.4, -0.2) is 41.5 Å². The molecule has 5 nitrogen and oxygen atoms in total. The standard InChI is InChI=1S/C17H17F2N3O2/c18-11-1-2-12(13(19)7-11)15-8-20-17(24-15)16(23)21-14-9-22-5-3-10(14)4-6-22/h1-2,7-8,10,14H,3-6,9H2,(H,21,23)/t14-/m0/s1. The number of rotatable bonds is 3. The van der Waals surface area contributed by atoms with E-state index >= 15 is 0 Å². The van der Waals surface area contributed by atoms with Gasteiger partial charge in [0.05, 0.1) is 11.8 Å². The molecule has 0 saturated carbocycles. The quantitative estimate of drug-likeness (QED) is 0.937. The predicted molar refractivity (Wildman–Crippen MR) is 82.3 cm³/mol. The summed E-state index contributed by atoms with van der Waals surface area (Å²) in [5.41, 5.74) is 0.0748. The van der Waals surface area contributed by atoms with Crippen LogP contribution in [-0.2, 0) is 0 Å². The monoisotopic (exact) mass is 333 g/mol. The molecule has 5 rings (SSSR count). The summed E-state index contributed by atoms with van der Waals surface area (Å²) >= 11 is 0. The van der Waals surface area contributed by atoms with Gasteiger partial charge in [0.2, 0.25) is 0 Å². The number of carbonyl (C=O) groups is 1. The second-order valence-corrected chi connectivity index (χ2v) is 6.37. The van der Waals surface area contributed by atoms with Gasteiger partial charge in [0.15, 0.2) is 5.76 Å². The van der Waals surface area contributed by atoms with Crippen molar-refractivity contribution in [2.75, 3.05) is 19.6 Å². The normalized spacial score (nSPS) is 25.7. The third kappa shape index (κ3) is 2.80. The molecular weight excluding hydrogens is 316 g/mol. The number of carbonyl (C=O) groups excluding carboxylic acids is 1. The molecule has 2 aromatic rings. The van der Waals surface area contributed by atoms with Crippen LogP contribution in [0.25, 0.3) is 11.3 Å². The summed E-state index contributed by atoms with van der Waals surface area (Å²) in [5, 5.41) is 2.96. The van der Waals surface area contributed by atoms with Crippen LogP contribution in [0.5, 0.6) is 0 Å². The van der Waals surface area contributed by atoms with Gasteiger partial charge in [-0.15, -0.1) is 0 Å². The largest absolute Gasteiger partial charge is 0.432 e. The zero-order valence-electron chi connectivity index (χ0n) is 13.0. The van der Waals surface area contributed by atoms with Crippen LogP contribution in [0.15, 0.2) is 28.8 Å². The van der Waals surface area contributed by atoms with E-state index in [1.165, 1.54) is 12.3 Å². The maximum atomic E-state index is 13.8. The molecule has 3 saturated heterocycles. The van der Waals surface area contributed by atoms with Crippen molar-refractivity contribution in [3.05, 3.63) is 41.9 Å². The zero-order chi connectivity index (χ0) is 16.7. The number of oxazole rings is 1. The molecule has 4 heterocycles. The predicted octanol–water partition coefficient (Wildman–Crippen LogP) is 2.44. The van der Waals surface area contributed by atoms with E-state index in [0.29, 0.717) is 5.92 Å². The highest BCUT2D eigenvalue weighted by atomic mass is 19.1. The first-order valence-electron chi connectivity index (χ1n) is 8.04. The summed E-state index contributed by atoms with van der Waals surface area (Å²) in [7, 11) is 0. The van der Waals surface area contributed by atoms with E-state index in [2.05, 4.69) is 15.2 Å². The van der Waals surface area contributed by atoms with Crippen molar-refractivity contribution in [3.8, 4) is 11.3 Å². The molecule has 1 atom stereocenters. The molecule has 0 unspecified atom stereocenters. The second-order valence-electron chi connectivity index (χ2n) is 6.37. The molecule has 2 bridgehead atoms. The Kier molecular flexibility index (Phi) is 3.80. The van der Waals surface area contributed by atoms with E-state index in [9.17, 15) is 13.6 Å². The van der Waals surface area contributed by atoms with E-state index in [-0.39, 0.29) is 23.3 Å². The summed E-state index contributed by atoms with van der Waals surface area (Å²) in [4.78, 5) is 18.6. The Hall–Kier alpha value is -2.28. The number of aromatic nitrogens is 1. The van der Waals surface area contributed by atoms with Gasteiger partial charge in [-0.1, -0.05) is 0 Å².